The zero-order valence-electron chi connectivity index (χ0n) is 11.8. The SMILES string of the molecule is Clc1ccc(CNc2ccc(N3CCOCC3)nc2)cc1. The molecule has 0 aliphatic carbocycles. The number of benzene rings is 1. The van der Waals surface area contributed by atoms with E-state index in [-0.39, 0.29) is 0 Å². The van der Waals surface area contributed by atoms with E-state index in [2.05, 4.69) is 27.3 Å². The van der Waals surface area contributed by atoms with Crippen molar-refractivity contribution in [1.82, 2.24) is 4.98 Å². The zero-order chi connectivity index (χ0) is 14.5. The largest absolute Gasteiger partial charge is 0.380 e. The lowest BCUT2D eigenvalue weighted by Gasteiger charge is -2.27. The molecule has 4 nitrogen and oxygen atoms in total. The van der Waals surface area contributed by atoms with Crippen molar-refractivity contribution in [3.8, 4) is 0 Å². The monoisotopic (exact) mass is 303 g/mol. The average Bonchev–Trinajstić information content (AvgIpc) is 2.56. The van der Waals surface area contributed by atoms with Crippen LogP contribution in [0.5, 0.6) is 0 Å². The van der Waals surface area contributed by atoms with Gasteiger partial charge in [-0.25, -0.2) is 4.98 Å². The van der Waals surface area contributed by atoms with Crippen LogP contribution >= 0.6 is 11.6 Å². The second-order valence-corrected chi connectivity index (χ2v) is 5.42. The molecule has 0 atom stereocenters. The summed E-state index contributed by atoms with van der Waals surface area (Å²) >= 11 is 5.88. The third-order valence-corrected chi connectivity index (χ3v) is 3.74. The van der Waals surface area contributed by atoms with Crippen molar-refractivity contribution in [1.29, 1.82) is 0 Å². The molecular formula is C16H18ClN3O. The Morgan fingerprint density at radius 2 is 1.86 bits per heavy atom. The van der Waals surface area contributed by atoms with Crippen molar-refractivity contribution in [2.24, 2.45) is 0 Å². The number of ether oxygens (including phenoxy) is 1. The summed E-state index contributed by atoms with van der Waals surface area (Å²) in [5, 5.41) is 4.12. The van der Waals surface area contributed by atoms with Crippen LogP contribution < -0.4 is 10.2 Å². The highest BCUT2D eigenvalue weighted by molar-refractivity contribution is 6.30. The molecule has 1 aliphatic heterocycles. The first kappa shape index (κ1) is 14.2. The molecule has 1 fully saturated rings. The quantitative estimate of drug-likeness (QED) is 0.941. The Morgan fingerprint density at radius 1 is 1.10 bits per heavy atom. The number of morpholine rings is 1. The molecule has 5 heteroatoms. The number of hydrogen-bond donors (Lipinski definition) is 1. The van der Waals surface area contributed by atoms with Gasteiger partial charge in [0.15, 0.2) is 0 Å². The molecule has 0 amide bonds. The maximum Gasteiger partial charge on any atom is 0.128 e. The fourth-order valence-corrected chi connectivity index (χ4v) is 2.40. The van der Waals surface area contributed by atoms with Crippen LogP contribution in [0.3, 0.4) is 0 Å². The summed E-state index contributed by atoms with van der Waals surface area (Å²) in [6.07, 6.45) is 1.88. The van der Waals surface area contributed by atoms with Crippen LogP contribution in [0.1, 0.15) is 5.56 Å². The summed E-state index contributed by atoms with van der Waals surface area (Å²) in [7, 11) is 0. The van der Waals surface area contributed by atoms with Crippen LogP contribution in [-0.2, 0) is 11.3 Å². The minimum Gasteiger partial charge on any atom is -0.380 e. The van der Waals surface area contributed by atoms with Crippen LogP contribution in [0.25, 0.3) is 0 Å². The highest BCUT2D eigenvalue weighted by atomic mass is 35.5. The highest BCUT2D eigenvalue weighted by Crippen LogP contribution is 2.16. The highest BCUT2D eigenvalue weighted by Gasteiger charge is 2.11. The summed E-state index contributed by atoms with van der Waals surface area (Å²) < 4.78 is 5.35. The molecule has 110 valence electrons. The molecule has 0 saturated carbocycles. The molecule has 1 aliphatic rings. The Hall–Kier alpha value is -1.78. The Labute approximate surface area is 129 Å². The molecule has 1 saturated heterocycles. The van der Waals surface area contributed by atoms with E-state index in [1.807, 2.05) is 30.5 Å². The topological polar surface area (TPSA) is 37.4 Å². The molecule has 0 unspecified atom stereocenters. The molecule has 21 heavy (non-hydrogen) atoms. The lowest BCUT2D eigenvalue weighted by molar-refractivity contribution is 0.122. The van der Waals surface area contributed by atoms with Gasteiger partial charge < -0.3 is 15.0 Å². The summed E-state index contributed by atoms with van der Waals surface area (Å²) in [5.41, 5.74) is 2.21. The third kappa shape index (κ3) is 3.86. The first-order valence-electron chi connectivity index (χ1n) is 7.08. The van der Waals surface area contributed by atoms with Crippen molar-refractivity contribution < 1.29 is 4.74 Å². The minimum absolute atomic E-state index is 0.760. The van der Waals surface area contributed by atoms with E-state index in [9.17, 15) is 0 Å². The van der Waals surface area contributed by atoms with Crippen LogP contribution in [-0.4, -0.2) is 31.3 Å². The summed E-state index contributed by atoms with van der Waals surface area (Å²) in [5.74, 6) is 1.01. The van der Waals surface area contributed by atoms with Gasteiger partial charge in [-0.1, -0.05) is 23.7 Å². The third-order valence-electron chi connectivity index (χ3n) is 3.49. The first-order valence-corrected chi connectivity index (χ1v) is 7.46. The van der Waals surface area contributed by atoms with E-state index in [1.54, 1.807) is 0 Å². The predicted octanol–water partition coefficient (Wildman–Crippen LogP) is 3.18. The Balaban J connectivity index is 1.57. The van der Waals surface area contributed by atoms with Crippen LogP contribution in [0, 0.1) is 0 Å². The van der Waals surface area contributed by atoms with Gasteiger partial charge in [0, 0.05) is 24.7 Å². The number of aromatic nitrogens is 1. The van der Waals surface area contributed by atoms with E-state index in [0.29, 0.717) is 0 Å². The molecule has 2 aromatic rings. The summed E-state index contributed by atoms with van der Waals surface area (Å²) in [6, 6.07) is 12.0. The molecule has 1 aromatic heterocycles. The smallest absolute Gasteiger partial charge is 0.128 e. The number of nitrogens with zero attached hydrogens (tertiary/aromatic N) is 2. The van der Waals surface area contributed by atoms with Gasteiger partial charge in [-0.3, -0.25) is 0 Å². The van der Waals surface area contributed by atoms with Crippen LogP contribution in [0.15, 0.2) is 42.6 Å². The lowest BCUT2D eigenvalue weighted by Crippen LogP contribution is -2.36. The number of hydrogen-bond acceptors (Lipinski definition) is 4. The Morgan fingerprint density at radius 3 is 2.52 bits per heavy atom. The van der Waals surface area contributed by atoms with Crippen molar-refractivity contribution >= 4 is 23.1 Å². The van der Waals surface area contributed by atoms with Gasteiger partial charge >= 0.3 is 0 Å². The maximum absolute atomic E-state index is 5.88. The van der Waals surface area contributed by atoms with Gasteiger partial charge in [0.1, 0.15) is 5.82 Å². The molecule has 1 aromatic carbocycles. The maximum atomic E-state index is 5.88. The molecular weight excluding hydrogens is 286 g/mol. The van der Waals surface area contributed by atoms with E-state index >= 15 is 0 Å². The van der Waals surface area contributed by atoms with Crippen molar-refractivity contribution in [2.75, 3.05) is 36.5 Å². The summed E-state index contributed by atoms with van der Waals surface area (Å²) in [4.78, 5) is 6.76. The van der Waals surface area contributed by atoms with Gasteiger partial charge in [-0.05, 0) is 29.8 Å². The van der Waals surface area contributed by atoms with Crippen LogP contribution in [0.4, 0.5) is 11.5 Å². The molecule has 0 bridgehead atoms. The van der Waals surface area contributed by atoms with Gasteiger partial charge in [-0.15, -0.1) is 0 Å². The average molecular weight is 304 g/mol. The Bertz CT molecular complexity index is 565. The van der Waals surface area contributed by atoms with Gasteiger partial charge in [0.05, 0.1) is 25.1 Å². The zero-order valence-corrected chi connectivity index (χ0v) is 12.5. The normalized spacial score (nSPS) is 15.0. The number of rotatable bonds is 4. The number of pyridine rings is 1. The minimum atomic E-state index is 0.760. The second-order valence-electron chi connectivity index (χ2n) is 4.98. The molecule has 2 heterocycles. The van der Waals surface area contributed by atoms with E-state index < -0.39 is 0 Å². The van der Waals surface area contributed by atoms with Gasteiger partial charge in [0.25, 0.3) is 0 Å². The predicted molar refractivity (Wildman–Crippen MR) is 86.0 cm³/mol. The summed E-state index contributed by atoms with van der Waals surface area (Å²) in [6.45, 7) is 4.13. The number of anilines is 2. The molecule has 0 radical (unpaired) electrons. The van der Waals surface area contributed by atoms with E-state index in [4.69, 9.17) is 16.3 Å². The van der Waals surface area contributed by atoms with Gasteiger partial charge in [0.2, 0.25) is 0 Å². The molecule has 0 spiro atoms. The van der Waals surface area contributed by atoms with E-state index in [1.165, 1.54) is 5.56 Å². The van der Waals surface area contributed by atoms with Crippen LogP contribution in [0.2, 0.25) is 5.02 Å². The Kier molecular flexibility index (Phi) is 4.58. The fraction of sp³-hybridized carbons (Fsp3) is 0.312. The van der Waals surface area contributed by atoms with Gasteiger partial charge in [-0.2, -0.15) is 0 Å². The van der Waals surface area contributed by atoms with Crippen molar-refractivity contribution in [3.05, 3.63) is 53.2 Å². The number of nitrogens with one attached hydrogen (secondary N) is 1. The standard InChI is InChI=1S/C16H18ClN3O/c17-14-3-1-13(2-4-14)11-18-15-5-6-16(19-12-15)20-7-9-21-10-8-20/h1-6,12,18H,7-11H2. The molecule has 3 rings (SSSR count). The first-order chi connectivity index (χ1) is 10.3. The van der Waals surface area contributed by atoms with E-state index in [0.717, 1.165) is 49.4 Å². The fourth-order valence-electron chi connectivity index (χ4n) is 2.28. The lowest BCUT2D eigenvalue weighted by atomic mass is 10.2. The van der Waals surface area contributed by atoms with Crippen molar-refractivity contribution in [3.63, 3.8) is 0 Å². The molecule has 1 N–H and O–H groups in total. The van der Waals surface area contributed by atoms with Crippen molar-refractivity contribution in [2.45, 2.75) is 6.54 Å². The number of halogens is 1. The second kappa shape index (κ2) is 6.78.